The highest BCUT2D eigenvalue weighted by Crippen LogP contribution is 2.24. The normalized spacial score (nSPS) is 16.7. The molecule has 1 amide bonds. The van der Waals surface area contributed by atoms with E-state index in [1.807, 2.05) is 0 Å². The van der Waals surface area contributed by atoms with Crippen LogP contribution in [-0.4, -0.2) is 44.2 Å². The second kappa shape index (κ2) is 8.46. The number of piperidine rings is 1. The number of likely N-dealkylation sites (tertiary alicyclic amines) is 1. The van der Waals surface area contributed by atoms with Gasteiger partial charge in [-0.15, -0.1) is 0 Å². The SMILES string of the molecule is COCCNC(=O)C1CCN(Cc2c(F)cccc2Cl)CC1. The first-order valence-electron chi connectivity index (χ1n) is 7.53. The fourth-order valence-corrected chi connectivity index (χ4v) is 2.90. The number of nitrogens with zero attached hydrogens (tertiary/aromatic N) is 1. The zero-order valence-corrected chi connectivity index (χ0v) is 13.5. The van der Waals surface area contributed by atoms with Gasteiger partial charge in [-0.25, -0.2) is 4.39 Å². The number of ether oxygens (including phenoxy) is 1. The zero-order valence-electron chi connectivity index (χ0n) is 12.8. The van der Waals surface area contributed by atoms with Crippen LogP contribution in [0.5, 0.6) is 0 Å². The number of amides is 1. The van der Waals surface area contributed by atoms with Crippen molar-refractivity contribution in [3.05, 3.63) is 34.6 Å². The molecule has 1 heterocycles. The summed E-state index contributed by atoms with van der Waals surface area (Å²) in [6.07, 6.45) is 1.57. The highest BCUT2D eigenvalue weighted by Gasteiger charge is 2.25. The molecule has 0 aliphatic carbocycles. The summed E-state index contributed by atoms with van der Waals surface area (Å²) < 4.78 is 18.7. The van der Waals surface area contributed by atoms with Crippen molar-refractivity contribution in [2.75, 3.05) is 33.4 Å². The van der Waals surface area contributed by atoms with Gasteiger partial charge in [0.2, 0.25) is 5.91 Å². The van der Waals surface area contributed by atoms with Gasteiger partial charge >= 0.3 is 0 Å². The Bertz CT molecular complexity index is 485. The summed E-state index contributed by atoms with van der Waals surface area (Å²) in [5, 5.41) is 3.33. The van der Waals surface area contributed by atoms with Crippen molar-refractivity contribution in [2.45, 2.75) is 19.4 Å². The van der Waals surface area contributed by atoms with Crippen LogP contribution in [0.15, 0.2) is 18.2 Å². The molecule has 0 unspecified atom stereocenters. The minimum absolute atomic E-state index is 0.0317. The number of carbonyl (C=O) groups excluding carboxylic acids is 1. The molecule has 1 saturated heterocycles. The Balaban J connectivity index is 1.81. The fraction of sp³-hybridized carbons (Fsp3) is 0.562. The van der Waals surface area contributed by atoms with Gasteiger partial charge in [0.15, 0.2) is 0 Å². The first-order chi connectivity index (χ1) is 10.6. The van der Waals surface area contributed by atoms with Crippen molar-refractivity contribution in [2.24, 2.45) is 5.92 Å². The number of halogens is 2. The van der Waals surface area contributed by atoms with E-state index < -0.39 is 0 Å². The van der Waals surface area contributed by atoms with Gasteiger partial charge in [-0.1, -0.05) is 17.7 Å². The molecular weight excluding hydrogens is 307 g/mol. The molecule has 6 heteroatoms. The molecule has 0 bridgehead atoms. The van der Waals surface area contributed by atoms with Crippen molar-refractivity contribution in [3.8, 4) is 0 Å². The van der Waals surface area contributed by atoms with E-state index >= 15 is 0 Å². The second-order valence-corrected chi connectivity index (χ2v) is 5.94. The smallest absolute Gasteiger partial charge is 0.223 e. The summed E-state index contributed by atoms with van der Waals surface area (Å²) in [7, 11) is 1.61. The van der Waals surface area contributed by atoms with E-state index in [1.165, 1.54) is 6.07 Å². The van der Waals surface area contributed by atoms with Crippen LogP contribution >= 0.6 is 11.6 Å². The molecule has 122 valence electrons. The number of hydrogen-bond acceptors (Lipinski definition) is 3. The van der Waals surface area contributed by atoms with E-state index in [2.05, 4.69) is 10.2 Å². The van der Waals surface area contributed by atoms with Crippen molar-refractivity contribution in [1.29, 1.82) is 0 Å². The van der Waals surface area contributed by atoms with Crippen LogP contribution in [0.25, 0.3) is 0 Å². The average molecular weight is 329 g/mol. The maximum absolute atomic E-state index is 13.8. The molecule has 1 aromatic carbocycles. The summed E-state index contributed by atoms with van der Waals surface area (Å²) in [6, 6.07) is 4.74. The first-order valence-corrected chi connectivity index (χ1v) is 7.91. The van der Waals surface area contributed by atoms with Crippen molar-refractivity contribution >= 4 is 17.5 Å². The first kappa shape index (κ1) is 17.2. The number of benzene rings is 1. The van der Waals surface area contributed by atoms with Gasteiger partial charge in [-0.2, -0.15) is 0 Å². The van der Waals surface area contributed by atoms with Gasteiger partial charge < -0.3 is 10.1 Å². The summed E-state index contributed by atoms with van der Waals surface area (Å²) in [5.74, 6) is -0.156. The third-order valence-corrected chi connectivity index (χ3v) is 4.36. The minimum atomic E-state index is -0.271. The summed E-state index contributed by atoms with van der Waals surface area (Å²) in [4.78, 5) is 14.1. The zero-order chi connectivity index (χ0) is 15.9. The molecule has 0 atom stereocenters. The van der Waals surface area contributed by atoms with Gasteiger partial charge in [0.1, 0.15) is 5.82 Å². The van der Waals surface area contributed by atoms with Crippen LogP contribution in [0.2, 0.25) is 5.02 Å². The highest BCUT2D eigenvalue weighted by atomic mass is 35.5. The molecule has 2 rings (SSSR count). The Labute approximate surface area is 135 Å². The van der Waals surface area contributed by atoms with Crippen LogP contribution in [0.4, 0.5) is 4.39 Å². The third-order valence-electron chi connectivity index (χ3n) is 4.01. The van der Waals surface area contributed by atoms with Gasteiger partial charge in [-0.05, 0) is 38.1 Å². The molecule has 0 radical (unpaired) electrons. The number of methoxy groups -OCH3 is 1. The predicted molar refractivity (Wildman–Crippen MR) is 84.3 cm³/mol. The standard InChI is InChI=1S/C16H22ClFN2O2/c1-22-10-7-19-16(21)12-5-8-20(9-6-12)11-13-14(17)3-2-4-15(13)18/h2-4,12H,5-11H2,1H3,(H,19,21). The number of hydrogen-bond donors (Lipinski definition) is 1. The van der Waals surface area contributed by atoms with E-state index in [-0.39, 0.29) is 17.6 Å². The van der Waals surface area contributed by atoms with Crippen LogP contribution in [0, 0.1) is 11.7 Å². The summed E-state index contributed by atoms with van der Waals surface area (Å²) in [5.41, 5.74) is 0.534. The van der Waals surface area contributed by atoms with E-state index in [1.54, 1.807) is 19.2 Å². The Hall–Kier alpha value is -1.17. The lowest BCUT2D eigenvalue weighted by Crippen LogP contribution is -2.41. The maximum Gasteiger partial charge on any atom is 0.223 e. The van der Waals surface area contributed by atoms with Crippen LogP contribution in [0.3, 0.4) is 0 Å². The molecule has 1 N–H and O–H groups in total. The topological polar surface area (TPSA) is 41.6 Å². The Morgan fingerprint density at radius 2 is 2.18 bits per heavy atom. The molecule has 0 spiro atoms. The molecule has 1 fully saturated rings. The molecule has 0 aromatic heterocycles. The van der Waals surface area contributed by atoms with Gasteiger partial charge in [0.25, 0.3) is 0 Å². The number of rotatable bonds is 6. The molecule has 1 aliphatic rings. The third kappa shape index (κ3) is 4.66. The largest absolute Gasteiger partial charge is 0.383 e. The van der Waals surface area contributed by atoms with Crippen molar-refractivity contribution in [3.63, 3.8) is 0 Å². The molecule has 4 nitrogen and oxygen atoms in total. The van der Waals surface area contributed by atoms with Crippen molar-refractivity contribution in [1.82, 2.24) is 10.2 Å². The minimum Gasteiger partial charge on any atom is -0.383 e. The maximum atomic E-state index is 13.8. The lowest BCUT2D eigenvalue weighted by molar-refractivity contribution is -0.126. The van der Waals surface area contributed by atoms with Gasteiger partial charge in [0.05, 0.1) is 6.61 Å². The quantitative estimate of drug-likeness (QED) is 0.816. The average Bonchev–Trinajstić information content (AvgIpc) is 2.52. The highest BCUT2D eigenvalue weighted by molar-refractivity contribution is 6.31. The van der Waals surface area contributed by atoms with Gasteiger partial charge in [0, 0.05) is 36.7 Å². The van der Waals surface area contributed by atoms with Gasteiger partial charge in [-0.3, -0.25) is 9.69 Å². The molecule has 1 aromatic rings. The van der Waals surface area contributed by atoms with E-state index in [0.29, 0.717) is 30.3 Å². The Morgan fingerprint density at radius 3 is 2.82 bits per heavy atom. The lowest BCUT2D eigenvalue weighted by Gasteiger charge is -2.31. The van der Waals surface area contributed by atoms with E-state index in [0.717, 1.165) is 25.9 Å². The summed E-state index contributed by atoms with van der Waals surface area (Å²) >= 11 is 6.06. The predicted octanol–water partition coefficient (Wildman–Crippen LogP) is 2.45. The molecule has 1 aliphatic heterocycles. The fourth-order valence-electron chi connectivity index (χ4n) is 2.68. The number of nitrogens with one attached hydrogen (secondary N) is 1. The molecule has 0 saturated carbocycles. The van der Waals surface area contributed by atoms with Crippen molar-refractivity contribution < 1.29 is 13.9 Å². The monoisotopic (exact) mass is 328 g/mol. The number of carbonyl (C=O) groups is 1. The Morgan fingerprint density at radius 1 is 1.45 bits per heavy atom. The van der Waals surface area contributed by atoms with Crippen LogP contribution in [-0.2, 0) is 16.1 Å². The van der Waals surface area contributed by atoms with Crippen LogP contribution in [0.1, 0.15) is 18.4 Å². The molecular formula is C16H22ClFN2O2. The lowest BCUT2D eigenvalue weighted by atomic mass is 9.95. The molecule has 22 heavy (non-hydrogen) atoms. The van der Waals surface area contributed by atoms with E-state index in [4.69, 9.17) is 16.3 Å². The van der Waals surface area contributed by atoms with Crippen LogP contribution < -0.4 is 5.32 Å². The second-order valence-electron chi connectivity index (χ2n) is 5.53. The van der Waals surface area contributed by atoms with E-state index in [9.17, 15) is 9.18 Å². The summed E-state index contributed by atoms with van der Waals surface area (Å²) in [6.45, 7) is 3.10. The Kier molecular flexibility index (Phi) is 6.61.